The number of fused-ring (bicyclic) bond motifs is 7. The van der Waals surface area contributed by atoms with Crippen molar-refractivity contribution < 1.29 is 4.42 Å². The minimum atomic E-state index is -0.297. The molecule has 2 heterocycles. The Morgan fingerprint density at radius 1 is 0.727 bits per heavy atom. The summed E-state index contributed by atoms with van der Waals surface area (Å²) in [6, 6.07) is 19.7. The van der Waals surface area contributed by atoms with Gasteiger partial charge >= 0.3 is 5.63 Å². The summed E-state index contributed by atoms with van der Waals surface area (Å²) >= 11 is 0. The number of hydrogen-bond acceptors (Lipinski definition) is 2. The van der Waals surface area contributed by atoms with E-state index < -0.39 is 0 Å². The van der Waals surface area contributed by atoms with E-state index in [9.17, 15) is 4.79 Å². The first-order valence-corrected chi connectivity index (χ1v) is 7.18. The SMILES string of the molecule is O=c1oc2ccccc2c2c1ccc1c3ccccc3[nH]c12. The zero-order valence-corrected chi connectivity index (χ0v) is 11.6. The molecule has 0 unspecified atom stereocenters. The number of para-hydroxylation sites is 2. The minimum Gasteiger partial charge on any atom is -0.422 e. The van der Waals surface area contributed by atoms with Gasteiger partial charge in [-0.2, -0.15) is 0 Å². The van der Waals surface area contributed by atoms with Crippen LogP contribution in [0.2, 0.25) is 0 Å². The molecule has 0 saturated carbocycles. The van der Waals surface area contributed by atoms with E-state index in [1.165, 1.54) is 0 Å². The van der Waals surface area contributed by atoms with Gasteiger partial charge in [0.05, 0.1) is 10.9 Å². The molecule has 0 aliphatic rings. The van der Waals surface area contributed by atoms with Crippen LogP contribution in [0.25, 0.3) is 43.5 Å². The third-order valence-electron chi connectivity index (χ3n) is 4.26. The Kier molecular flexibility index (Phi) is 2.09. The number of nitrogens with one attached hydrogen (secondary N) is 1. The zero-order chi connectivity index (χ0) is 14.7. The van der Waals surface area contributed by atoms with E-state index in [4.69, 9.17) is 4.42 Å². The quantitative estimate of drug-likeness (QED) is 0.334. The van der Waals surface area contributed by atoms with Crippen LogP contribution in [0.4, 0.5) is 0 Å². The number of H-pyrrole nitrogens is 1. The molecule has 104 valence electrons. The molecule has 0 spiro atoms. The van der Waals surface area contributed by atoms with Crippen molar-refractivity contribution in [1.82, 2.24) is 4.98 Å². The molecular formula is C19H11NO2. The fraction of sp³-hybridized carbons (Fsp3) is 0. The summed E-state index contributed by atoms with van der Waals surface area (Å²) in [5.41, 5.74) is 2.38. The smallest absolute Gasteiger partial charge is 0.344 e. The third kappa shape index (κ3) is 1.37. The number of hydrogen-bond donors (Lipinski definition) is 1. The van der Waals surface area contributed by atoms with Crippen molar-refractivity contribution in [2.45, 2.75) is 0 Å². The van der Waals surface area contributed by atoms with Crippen molar-refractivity contribution in [2.24, 2.45) is 0 Å². The molecule has 0 saturated heterocycles. The molecule has 5 aromatic rings. The van der Waals surface area contributed by atoms with Gasteiger partial charge in [-0.25, -0.2) is 4.79 Å². The average molecular weight is 285 g/mol. The Balaban J connectivity index is 2.18. The van der Waals surface area contributed by atoms with Crippen molar-refractivity contribution in [3.63, 3.8) is 0 Å². The van der Waals surface area contributed by atoms with E-state index in [2.05, 4.69) is 17.1 Å². The lowest BCUT2D eigenvalue weighted by Gasteiger charge is -2.03. The van der Waals surface area contributed by atoms with Crippen LogP contribution in [0.15, 0.2) is 69.9 Å². The van der Waals surface area contributed by atoms with Crippen LogP contribution in [0, 0.1) is 0 Å². The Hall–Kier alpha value is -3.07. The molecule has 0 atom stereocenters. The molecule has 1 N–H and O–H groups in total. The second-order valence-electron chi connectivity index (χ2n) is 5.47. The lowest BCUT2D eigenvalue weighted by Crippen LogP contribution is -1.99. The van der Waals surface area contributed by atoms with Gasteiger partial charge in [0.2, 0.25) is 0 Å². The van der Waals surface area contributed by atoms with Gasteiger partial charge in [-0.15, -0.1) is 0 Å². The molecule has 0 amide bonds. The van der Waals surface area contributed by atoms with E-state index in [0.29, 0.717) is 11.0 Å². The Labute approximate surface area is 124 Å². The Morgan fingerprint density at radius 3 is 2.36 bits per heavy atom. The van der Waals surface area contributed by atoms with Crippen LogP contribution < -0.4 is 5.63 Å². The second kappa shape index (κ2) is 3.98. The van der Waals surface area contributed by atoms with Crippen molar-refractivity contribution in [1.29, 1.82) is 0 Å². The van der Waals surface area contributed by atoms with E-state index in [1.807, 2.05) is 48.5 Å². The van der Waals surface area contributed by atoms with Crippen LogP contribution >= 0.6 is 0 Å². The number of benzene rings is 3. The van der Waals surface area contributed by atoms with Crippen molar-refractivity contribution in [3.05, 3.63) is 71.1 Å². The highest BCUT2D eigenvalue weighted by Crippen LogP contribution is 2.33. The Morgan fingerprint density at radius 2 is 1.45 bits per heavy atom. The van der Waals surface area contributed by atoms with Gasteiger partial charge in [0.1, 0.15) is 5.58 Å². The lowest BCUT2D eigenvalue weighted by molar-refractivity contribution is 0.570. The molecule has 2 aromatic heterocycles. The van der Waals surface area contributed by atoms with E-state index in [0.717, 1.165) is 32.6 Å². The summed E-state index contributed by atoms with van der Waals surface area (Å²) in [6.45, 7) is 0. The highest BCUT2D eigenvalue weighted by Gasteiger charge is 2.13. The van der Waals surface area contributed by atoms with Crippen LogP contribution in [0.1, 0.15) is 0 Å². The molecular weight excluding hydrogens is 274 g/mol. The Bertz CT molecular complexity index is 1240. The molecule has 5 rings (SSSR count). The van der Waals surface area contributed by atoms with Crippen molar-refractivity contribution >= 4 is 43.5 Å². The van der Waals surface area contributed by atoms with E-state index >= 15 is 0 Å². The summed E-state index contributed by atoms with van der Waals surface area (Å²) in [6.07, 6.45) is 0. The highest BCUT2D eigenvalue weighted by molar-refractivity contribution is 6.23. The average Bonchev–Trinajstić information content (AvgIpc) is 2.93. The third-order valence-corrected chi connectivity index (χ3v) is 4.26. The summed E-state index contributed by atoms with van der Waals surface area (Å²) in [4.78, 5) is 15.7. The first-order valence-electron chi connectivity index (χ1n) is 7.18. The van der Waals surface area contributed by atoms with E-state index in [-0.39, 0.29) is 5.63 Å². The van der Waals surface area contributed by atoms with E-state index in [1.54, 1.807) is 0 Å². The molecule has 3 aromatic carbocycles. The predicted octanol–water partition coefficient (Wildman–Crippen LogP) is 4.58. The zero-order valence-electron chi connectivity index (χ0n) is 11.6. The largest absolute Gasteiger partial charge is 0.422 e. The highest BCUT2D eigenvalue weighted by atomic mass is 16.4. The normalized spacial score (nSPS) is 11.8. The fourth-order valence-corrected chi connectivity index (χ4v) is 3.29. The molecule has 0 fully saturated rings. The summed E-state index contributed by atoms with van der Waals surface area (Å²) in [5, 5.41) is 4.78. The maximum atomic E-state index is 12.3. The number of rotatable bonds is 0. The van der Waals surface area contributed by atoms with Gasteiger partial charge in [-0.1, -0.05) is 42.5 Å². The van der Waals surface area contributed by atoms with Gasteiger partial charge in [0, 0.05) is 27.1 Å². The number of aromatic amines is 1. The number of aromatic nitrogens is 1. The first kappa shape index (κ1) is 11.6. The maximum Gasteiger partial charge on any atom is 0.344 e. The minimum absolute atomic E-state index is 0.297. The molecule has 22 heavy (non-hydrogen) atoms. The van der Waals surface area contributed by atoms with Gasteiger partial charge in [-0.05, 0) is 18.2 Å². The molecule has 3 nitrogen and oxygen atoms in total. The second-order valence-corrected chi connectivity index (χ2v) is 5.47. The molecule has 0 radical (unpaired) electrons. The molecule has 0 bridgehead atoms. The van der Waals surface area contributed by atoms with Crippen LogP contribution in [-0.2, 0) is 0 Å². The monoisotopic (exact) mass is 285 g/mol. The van der Waals surface area contributed by atoms with Gasteiger partial charge < -0.3 is 9.40 Å². The molecule has 3 heteroatoms. The summed E-state index contributed by atoms with van der Waals surface area (Å²) in [5.74, 6) is 0. The van der Waals surface area contributed by atoms with Crippen molar-refractivity contribution in [2.75, 3.05) is 0 Å². The summed E-state index contributed by atoms with van der Waals surface area (Å²) < 4.78 is 5.43. The maximum absolute atomic E-state index is 12.3. The predicted molar refractivity (Wildman–Crippen MR) is 89.4 cm³/mol. The van der Waals surface area contributed by atoms with Gasteiger partial charge in [0.15, 0.2) is 0 Å². The van der Waals surface area contributed by atoms with Crippen LogP contribution in [-0.4, -0.2) is 4.98 Å². The lowest BCUT2D eigenvalue weighted by atomic mass is 10.0. The first-order chi connectivity index (χ1) is 10.8. The van der Waals surface area contributed by atoms with Crippen LogP contribution in [0.5, 0.6) is 0 Å². The topological polar surface area (TPSA) is 46.0 Å². The molecule has 0 aliphatic heterocycles. The van der Waals surface area contributed by atoms with Crippen LogP contribution in [0.3, 0.4) is 0 Å². The van der Waals surface area contributed by atoms with Gasteiger partial charge in [0.25, 0.3) is 0 Å². The standard InChI is InChI=1S/C19H11NO2/c21-19-14-10-9-12-11-5-1-3-7-15(11)20-18(12)17(14)13-6-2-4-8-16(13)22-19/h1-10,20H. The van der Waals surface area contributed by atoms with Crippen molar-refractivity contribution in [3.8, 4) is 0 Å². The molecule has 0 aliphatic carbocycles. The fourth-order valence-electron chi connectivity index (χ4n) is 3.29. The van der Waals surface area contributed by atoms with Gasteiger partial charge in [-0.3, -0.25) is 0 Å². The summed E-state index contributed by atoms with van der Waals surface area (Å²) in [7, 11) is 0.